The van der Waals surface area contributed by atoms with E-state index in [4.69, 9.17) is 0 Å². The molecule has 0 spiro atoms. The lowest BCUT2D eigenvalue weighted by Crippen LogP contribution is -2.64. The fraction of sp³-hybridized carbons (Fsp3) is 0.833. The van der Waals surface area contributed by atoms with E-state index in [1.165, 1.54) is 6.42 Å². The van der Waals surface area contributed by atoms with Crippen LogP contribution in [0.2, 0.25) is 0 Å². The Kier molecular flexibility index (Phi) is 2.91. The molecular formula is C12H20N2O2. The minimum atomic E-state index is -0.364. The van der Waals surface area contributed by atoms with Gasteiger partial charge in [0.1, 0.15) is 12.1 Å². The van der Waals surface area contributed by atoms with E-state index in [2.05, 4.69) is 12.2 Å². The zero-order valence-electron chi connectivity index (χ0n) is 10.2. The van der Waals surface area contributed by atoms with Crippen molar-refractivity contribution in [3.63, 3.8) is 0 Å². The van der Waals surface area contributed by atoms with E-state index in [1.54, 1.807) is 6.92 Å². The molecule has 16 heavy (non-hydrogen) atoms. The average molecular weight is 224 g/mol. The number of carbonyl (C=O) groups is 2. The Morgan fingerprint density at radius 3 is 2.44 bits per heavy atom. The number of carbonyl (C=O) groups excluding carboxylic acids is 2. The lowest BCUT2D eigenvalue weighted by atomic mass is 9.99. The van der Waals surface area contributed by atoms with Crippen LogP contribution >= 0.6 is 0 Å². The molecule has 1 aliphatic heterocycles. The van der Waals surface area contributed by atoms with Crippen molar-refractivity contribution in [2.45, 2.75) is 58.2 Å². The normalized spacial score (nSPS) is 40.1. The number of amides is 2. The van der Waals surface area contributed by atoms with Gasteiger partial charge in [-0.25, -0.2) is 0 Å². The van der Waals surface area contributed by atoms with Crippen molar-refractivity contribution in [2.24, 2.45) is 5.92 Å². The monoisotopic (exact) mass is 224 g/mol. The van der Waals surface area contributed by atoms with Gasteiger partial charge in [0.2, 0.25) is 11.8 Å². The summed E-state index contributed by atoms with van der Waals surface area (Å²) >= 11 is 0. The summed E-state index contributed by atoms with van der Waals surface area (Å²) in [6.07, 6.45) is 3.37. The minimum Gasteiger partial charge on any atom is -0.343 e. The van der Waals surface area contributed by atoms with Gasteiger partial charge in [0.25, 0.3) is 0 Å². The first-order chi connectivity index (χ1) is 7.52. The fourth-order valence-electron chi connectivity index (χ4n) is 2.93. The minimum absolute atomic E-state index is 0.0220. The molecule has 0 radical (unpaired) electrons. The van der Waals surface area contributed by atoms with Crippen LogP contribution in [-0.4, -0.2) is 34.8 Å². The maximum absolute atomic E-state index is 12.1. The van der Waals surface area contributed by atoms with E-state index in [0.717, 1.165) is 12.8 Å². The van der Waals surface area contributed by atoms with Gasteiger partial charge in [-0.2, -0.15) is 0 Å². The van der Waals surface area contributed by atoms with E-state index in [0.29, 0.717) is 5.92 Å². The SMILES string of the molecule is CC1NC(=O)C(C)N(C2CCCC2C)C1=O. The summed E-state index contributed by atoms with van der Waals surface area (Å²) in [6, 6.07) is -0.415. The summed E-state index contributed by atoms with van der Waals surface area (Å²) in [7, 11) is 0. The quantitative estimate of drug-likeness (QED) is 0.719. The Morgan fingerprint density at radius 2 is 1.88 bits per heavy atom. The van der Waals surface area contributed by atoms with Crippen molar-refractivity contribution in [1.82, 2.24) is 10.2 Å². The van der Waals surface area contributed by atoms with Crippen molar-refractivity contribution >= 4 is 11.8 Å². The van der Waals surface area contributed by atoms with Gasteiger partial charge in [-0.15, -0.1) is 0 Å². The van der Waals surface area contributed by atoms with Crippen molar-refractivity contribution in [3.05, 3.63) is 0 Å². The van der Waals surface area contributed by atoms with Crippen LogP contribution in [0.4, 0.5) is 0 Å². The molecule has 1 saturated heterocycles. The first kappa shape index (κ1) is 11.4. The first-order valence-electron chi connectivity index (χ1n) is 6.15. The van der Waals surface area contributed by atoms with Gasteiger partial charge in [-0.1, -0.05) is 13.3 Å². The Balaban J connectivity index is 2.22. The molecule has 1 N–H and O–H groups in total. The Bertz CT molecular complexity index is 316. The summed E-state index contributed by atoms with van der Waals surface area (Å²) in [6.45, 7) is 5.76. The van der Waals surface area contributed by atoms with Crippen LogP contribution in [0.5, 0.6) is 0 Å². The van der Waals surface area contributed by atoms with Crippen molar-refractivity contribution < 1.29 is 9.59 Å². The summed E-state index contributed by atoms with van der Waals surface area (Å²) in [5, 5.41) is 2.72. The number of hydrogen-bond acceptors (Lipinski definition) is 2. The molecule has 0 aromatic heterocycles. The molecule has 1 heterocycles. The molecule has 4 heteroatoms. The van der Waals surface area contributed by atoms with Crippen molar-refractivity contribution in [2.75, 3.05) is 0 Å². The second-order valence-corrected chi connectivity index (χ2v) is 5.13. The van der Waals surface area contributed by atoms with E-state index >= 15 is 0 Å². The van der Waals surface area contributed by atoms with Gasteiger partial charge < -0.3 is 10.2 Å². The summed E-state index contributed by atoms with van der Waals surface area (Å²) in [5.74, 6) is 0.571. The lowest BCUT2D eigenvalue weighted by Gasteiger charge is -2.41. The Morgan fingerprint density at radius 1 is 1.19 bits per heavy atom. The molecule has 2 amide bonds. The highest BCUT2D eigenvalue weighted by Crippen LogP contribution is 2.32. The molecule has 2 aliphatic rings. The van der Waals surface area contributed by atoms with E-state index < -0.39 is 0 Å². The zero-order chi connectivity index (χ0) is 11.9. The van der Waals surface area contributed by atoms with Crippen molar-refractivity contribution in [3.8, 4) is 0 Å². The molecule has 0 bridgehead atoms. The molecule has 4 atom stereocenters. The zero-order valence-corrected chi connectivity index (χ0v) is 10.2. The second kappa shape index (κ2) is 4.07. The standard InChI is InChI=1S/C12H20N2O2/c1-7-5-4-6-10(7)14-9(3)11(15)13-8(2)12(14)16/h7-10H,4-6H2,1-3H3,(H,13,15). The second-order valence-electron chi connectivity index (χ2n) is 5.13. The molecule has 2 fully saturated rings. The highest BCUT2D eigenvalue weighted by molar-refractivity contribution is 5.96. The summed E-state index contributed by atoms with van der Waals surface area (Å²) < 4.78 is 0. The molecule has 0 aromatic rings. The molecule has 0 aromatic carbocycles. The van der Waals surface area contributed by atoms with E-state index in [1.807, 2.05) is 11.8 Å². The molecule has 1 saturated carbocycles. The van der Waals surface area contributed by atoms with Crippen LogP contribution in [0, 0.1) is 5.92 Å². The van der Waals surface area contributed by atoms with Gasteiger partial charge in [-0.05, 0) is 32.6 Å². The van der Waals surface area contributed by atoms with Crippen LogP contribution in [0.3, 0.4) is 0 Å². The van der Waals surface area contributed by atoms with Crippen LogP contribution in [0.1, 0.15) is 40.0 Å². The van der Waals surface area contributed by atoms with Crippen LogP contribution in [-0.2, 0) is 9.59 Å². The molecule has 90 valence electrons. The highest BCUT2D eigenvalue weighted by Gasteiger charge is 2.42. The number of nitrogens with zero attached hydrogens (tertiary/aromatic N) is 1. The maximum Gasteiger partial charge on any atom is 0.245 e. The molecular weight excluding hydrogens is 204 g/mol. The third-order valence-electron chi connectivity index (χ3n) is 3.95. The van der Waals surface area contributed by atoms with Crippen molar-refractivity contribution in [1.29, 1.82) is 0 Å². The largest absolute Gasteiger partial charge is 0.343 e. The van der Waals surface area contributed by atoms with E-state index in [-0.39, 0.29) is 29.9 Å². The summed E-state index contributed by atoms with van der Waals surface area (Å²) in [4.78, 5) is 25.7. The van der Waals surface area contributed by atoms with Crippen LogP contribution in [0.15, 0.2) is 0 Å². The lowest BCUT2D eigenvalue weighted by molar-refractivity contribution is -0.151. The fourth-order valence-corrected chi connectivity index (χ4v) is 2.93. The Hall–Kier alpha value is -1.06. The topological polar surface area (TPSA) is 49.4 Å². The van der Waals surface area contributed by atoms with Crippen LogP contribution < -0.4 is 5.32 Å². The Labute approximate surface area is 96.4 Å². The van der Waals surface area contributed by atoms with Gasteiger partial charge in [-0.3, -0.25) is 9.59 Å². The number of hydrogen-bond donors (Lipinski definition) is 1. The number of rotatable bonds is 1. The molecule has 2 rings (SSSR count). The highest BCUT2D eigenvalue weighted by atomic mass is 16.2. The number of nitrogens with one attached hydrogen (secondary N) is 1. The molecule has 4 unspecified atom stereocenters. The number of piperazine rings is 1. The maximum atomic E-state index is 12.1. The third kappa shape index (κ3) is 1.70. The van der Waals surface area contributed by atoms with Crippen LogP contribution in [0.25, 0.3) is 0 Å². The first-order valence-corrected chi connectivity index (χ1v) is 6.15. The van der Waals surface area contributed by atoms with Gasteiger partial charge in [0.05, 0.1) is 0 Å². The van der Waals surface area contributed by atoms with Gasteiger partial charge in [0.15, 0.2) is 0 Å². The van der Waals surface area contributed by atoms with E-state index in [9.17, 15) is 9.59 Å². The van der Waals surface area contributed by atoms with Gasteiger partial charge >= 0.3 is 0 Å². The molecule has 1 aliphatic carbocycles. The van der Waals surface area contributed by atoms with Gasteiger partial charge in [0, 0.05) is 6.04 Å². The molecule has 4 nitrogen and oxygen atoms in total. The predicted molar refractivity (Wildman–Crippen MR) is 60.7 cm³/mol. The third-order valence-corrected chi connectivity index (χ3v) is 3.95. The predicted octanol–water partition coefficient (Wildman–Crippen LogP) is 0.910. The summed E-state index contributed by atoms with van der Waals surface area (Å²) in [5.41, 5.74) is 0. The smallest absolute Gasteiger partial charge is 0.245 e. The average Bonchev–Trinajstić information content (AvgIpc) is 2.63.